The van der Waals surface area contributed by atoms with Gasteiger partial charge in [0.2, 0.25) is 5.91 Å². The van der Waals surface area contributed by atoms with Crippen molar-refractivity contribution in [3.05, 3.63) is 40.3 Å². The molecule has 2 aromatic rings. The number of nitrogens with one attached hydrogen (secondary N) is 1. The summed E-state index contributed by atoms with van der Waals surface area (Å²) < 4.78 is 0. The van der Waals surface area contributed by atoms with Gasteiger partial charge in [-0.2, -0.15) is 0 Å². The molecule has 104 valence electrons. The number of hydrogen-bond donors (Lipinski definition) is 1. The molecule has 0 unspecified atom stereocenters. The maximum absolute atomic E-state index is 11.9. The van der Waals surface area contributed by atoms with Gasteiger partial charge < -0.3 is 10.2 Å². The molecule has 1 amide bonds. The third-order valence-electron chi connectivity index (χ3n) is 3.39. The van der Waals surface area contributed by atoms with Crippen molar-refractivity contribution in [2.75, 3.05) is 16.8 Å². The minimum absolute atomic E-state index is 0.212. The summed E-state index contributed by atoms with van der Waals surface area (Å²) in [5, 5.41) is 6.53. The van der Waals surface area contributed by atoms with Crippen LogP contribution in [-0.4, -0.2) is 17.4 Å². The van der Waals surface area contributed by atoms with E-state index in [2.05, 4.69) is 15.7 Å². The first-order valence-electron chi connectivity index (χ1n) is 6.78. The van der Waals surface area contributed by atoms with E-state index in [1.165, 1.54) is 0 Å². The molecule has 3 rings (SSSR count). The van der Waals surface area contributed by atoms with E-state index in [-0.39, 0.29) is 5.91 Å². The van der Waals surface area contributed by atoms with Gasteiger partial charge >= 0.3 is 0 Å². The molecule has 0 radical (unpaired) electrons. The van der Waals surface area contributed by atoms with Gasteiger partial charge in [-0.3, -0.25) is 4.79 Å². The molecule has 0 atom stereocenters. The van der Waals surface area contributed by atoms with Crippen molar-refractivity contribution in [3.63, 3.8) is 0 Å². The fourth-order valence-electron chi connectivity index (χ4n) is 2.44. The van der Waals surface area contributed by atoms with Crippen LogP contribution in [0.25, 0.3) is 0 Å². The van der Waals surface area contributed by atoms with E-state index < -0.39 is 0 Å². The molecule has 1 aliphatic rings. The molecule has 0 spiro atoms. The maximum atomic E-state index is 11.9. The van der Waals surface area contributed by atoms with Crippen molar-refractivity contribution >= 4 is 28.6 Å². The average molecular weight is 287 g/mol. The summed E-state index contributed by atoms with van der Waals surface area (Å²) in [6.07, 6.45) is 1.60. The molecule has 0 aliphatic carbocycles. The molecule has 5 heteroatoms. The van der Waals surface area contributed by atoms with Crippen LogP contribution in [-0.2, 0) is 11.3 Å². The van der Waals surface area contributed by atoms with Crippen LogP contribution in [0, 0.1) is 6.92 Å². The predicted octanol–water partition coefficient (Wildman–Crippen LogP) is 3.19. The van der Waals surface area contributed by atoms with Gasteiger partial charge in [0.1, 0.15) is 0 Å². The number of thiazole rings is 1. The second-order valence-corrected chi connectivity index (χ2v) is 5.94. The molecule has 1 aliphatic heterocycles. The van der Waals surface area contributed by atoms with Crippen LogP contribution in [0.15, 0.2) is 29.6 Å². The lowest BCUT2D eigenvalue weighted by Crippen LogP contribution is -2.24. The summed E-state index contributed by atoms with van der Waals surface area (Å²) >= 11 is 1.65. The standard InChI is InChI=1S/C15H17N3OS/c1-11-17-12(10-20-11)9-16-13-5-2-3-6-14(13)18-8-4-7-15(18)19/h2-3,5-6,10,16H,4,7-9H2,1H3. The lowest BCUT2D eigenvalue weighted by Gasteiger charge is -2.20. The Balaban J connectivity index is 1.77. The number of rotatable bonds is 4. The van der Waals surface area contributed by atoms with Crippen molar-refractivity contribution in [2.24, 2.45) is 0 Å². The molecule has 1 N–H and O–H groups in total. The summed E-state index contributed by atoms with van der Waals surface area (Å²) in [6, 6.07) is 7.97. The molecular formula is C15H17N3OS. The van der Waals surface area contributed by atoms with Gasteiger partial charge in [-0.15, -0.1) is 11.3 Å². The normalized spacial score (nSPS) is 14.8. The quantitative estimate of drug-likeness (QED) is 0.939. The summed E-state index contributed by atoms with van der Waals surface area (Å²) in [7, 11) is 0. The van der Waals surface area contributed by atoms with Crippen LogP contribution in [0.3, 0.4) is 0 Å². The summed E-state index contributed by atoms with van der Waals surface area (Å²) in [5.74, 6) is 0.212. The fraction of sp³-hybridized carbons (Fsp3) is 0.333. The highest BCUT2D eigenvalue weighted by Crippen LogP contribution is 2.29. The molecule has 20 heavy (non-hydrogen) atoms. The highest BCUT2D eigenvalue weighted by atomic mass is 32.1. The van der Waals surface area contributed by atoms with Crippen LogP contribution >= 0.6 is 11.3 Å². The predicted molar refractivity (Wildman–Crippen MR) is 82.2 cm³/mol. The first-order chi connectivity index (χ1) is 9.74. The molecule has 4 nitrogen and oxygen atoms in total. The van der Waals surface area contributed by atoms with Gasteiger partial charge in [0.15, 0.2) is 0 Å². The summed E-state index contributed by atoms with van der Waals surface area (Å²) in [6.45, 7) is 3.50. The fourth-order valence-corrected chi connectivity index (χ4v) is 3.05. The van der Waals surface area contributed by atoms with Gasteiger partial charge in [-0.05, 0) is 25.5 Å². The van der Waals surface area contributed by atoms with Gasteiger partial charge in [-0.25, -0.2) is 4.98 Å². The number of hydrogen-bond acceptors (Lipinski definition) is 4. The molecule has 1 fully saturated rings. The zero-order valence-electron chi connectivity index (χ0n) is 11.4. The molecule has 1 aromatic carbocycles. The Bertz CT molecular complexity index is 623. The zero-order valence-corrected chi connectivity index (χ0v) is 12.2. The van der Waals surface area contributed by atoms with E-state index in [0.717, 1.165) is 35.0 Å². The van der Waals surface area contributed by atoms with E-state index in [4.69, 9.17) is 0 Å². The smallest absolute Gasteiger partial charge is 0.227 e. The SMILES string of the molecule is Cc1nc(CNc2ccccc2N2CCCC2=O)cs1. The van der Waals surface area contributed by atoms with Crippen LogP contribution in [0.4, 0.5) is 11.4 Å². The van der Waals surface area contributed by atoms with Gasteiger partial charge in [-0.1, -0.05) is 12.1 Å². The van der Waals surface area contributed by atoms with E-state index in [0.29, 0.717) is 13.0 Å². The van der Waals surface area contributed by atoms with Gasteiger partial charge in [0.25, 0.3) is 0 Å². The average Bonchev–Trinajstić information content (AvgIpc) is 3.05. The number of carbonyl (C=O) groups is 1. The van der Waals surface area contributed by atoms with Crippen molar-refractivity contribution in [1.82, 2.24) is 4.98 Å². The maximum Gasteiger partial charge on any atom is 0.227 e. The first kappa shape index (κ1) is 13.1. The molecule has 2 heterocycles. The summed E-state index contributed by atoms with van der Waals surface area (Å²) in [4.78, 5) is 18.2. The highest BCUT2D eigenvalue weighted by molar-refractivity contribution is 7.09. The monoisotopic (exact) mass is 287 g/mol. The minimum Gasteiger partial charge on any atom is -0.378 e. The Morgan fingerprint density at radius 2 is 2.25 bits per heavy atom. The van der Waals surface area contributed by atoms with E-state index in [1.54, 1.807) is 11.3 Å². The molecule has 0 saturated carbocycles. The number of para-hydroxylation sites is 2. The van der Waals surface area contributed by atoms with Gasteiger partial charge in [0.05, 0.1) is 28.6 Å². The number of benzene rings is 1. The topological polar surface area (TPSA) is 45.2 Å². The Labute approximate surface area is 122 Å². The van der Waals surface area contributed by atoms with Gasteiger partial charge in [0, 0.05) is 18.3 Å². The van der Waals surface area contributed by atoms with Crippen LogP contribution in [0.2, 0.25) is 0 Å². The summed E-state index contributed by atoms with van der Waals surface area (Å²) in [5.41, 5.74) is 3.01. The van der Waals surface area contributed by atoms with Crippen LogP contribution < -0.4 is 10.2 Å². The van der Waals surface area contributed by atoms with E-state index in [9.17, 15) is 4.79 Å². The lowest BCUT2D eigenvalue weighted by atomic mass is 10.2. The van der Waals surface area contributed by atoms with Crippen molar-refractivity contribution < 1.29 is 4.79 Å². The van der Waals surface area contributed by atoms with E-state index in [1.807, 2.05) is 36.1 Å². The number of aryl methyl sites for hydroxylation is 1. The second kappa shape index (κ2) is 5.63. The van der Waals surface area contributed by atoms with Crippen molar-refractivity contribution in [3.8, 4) is 0 Å². The lowest BCUT2D eigenvalue weighted by molar-refractivity contribution is -0.117. The van der Waals surface area contributed by atoms with Crippen LogP contribution in [0.5, 0.6) is 0 Å². The third kappa shape index (κ3) is 2.67. The number of amides is 1. The van der Waals surface area contributed by atoms with Crippen molar-refractivity contribution in [2.45, 2.75) is 26.3 Å². The molecule has 1 aromatic heterocycles. The highest BCUT2D eigenvalue weighted by Gasteiger charge is 2.23. The Kier molecular flexibility index (Phi) is 3.69. The number of carbonyl (C=O) groups excluding carboxylic acids is 1. The number of nitrogens with zero attached hydrogens (tertiary/aromatic N) is 2. The number of anilines is 2. The molecule has 0 bridgehead atoms. The van der Waals surface area contributed by atoms with Crippen LogP contribution in [0.1, 0.15) is 23.5 Å². The van der Waals surface area contributed by atoms with E-state index >= 15 is 0 Å². The Morgan fingerprint density at radius 1 is 1.40 bits per heavy atom. The zero-order chi connectivity index (χ0) is 13.9. The van der Waals surface area contributed by atoms with Crippen molar-refractivity contribution in [1.29, 1.82) is 0 Å². The first-order valence-corrected chi connectivity index (χ1v) is 7.66. The Hall–Kier alpha value is -1.88. The Morgan fingerprint density at radius 3 is 2.95 bits per heavy atom. The molecule has 1 saturated heterocycles. The molecular weight excluding hydrogens is 270 g/mol. The largest absolute Gasteiger partial charge is 0.378 e. The minimum atomic E-state index is 0.212. The third-order valence-corrected chi connectivity index (χ3v) is 4.22. The number of aromatic nitrogens is 1. The second-order valence-electron chi connectivity index (χ2n) is 4.88.